The molecule has 2 N–H and O–H groups in total. The smallest absolute Gasteiger partial charge is 0.399 e. The van der Waals surface area contributed by atoms with Gasteiger partial charge in [-0.25, -0.2) is 12.8 Å². The van der Waals surface area contributed by atoms with Crippen LogP contribution in [0.2, 0.25) is 0 Å². The van der Waals surface area contributed by atoms with Crippen LogP contribution in [0.5, 0.6) is 0 Å². The highest BCUT2D eigenvalue weighted by atomic mass is 32.2. The van der Waals surface area contributed by atoms with Gasteiger partial charge in [-0.2, -0.15) is 17.5 Å². The lowest BCUT2D eigenvalue weighted by Gasteiger charge is -2.25. The molecule has 0 radical (unpaired) electrons. The monoisotopic (exact) mass is 328 g/mol. The van der Waals surface area contributed by atoms with Crippen LogP contribution in [0.15, 0.2) is 23.1 Å². The maximum absolute atomic E-state index is 13.2. The number of anilines is 1. The summed E-state index contributed by atoms with van der Waals surface area (Å²) < 4.78 is 75.7. The van der Waals surface area contributed by atoms with Crippen molar-refractivity contribution in [2.45, 2.75) is 24.9 Å². The number of hydrogen-bond acceptors (Lipinski definition) is 3. The summed E-state index contributed by atoms with van der Waals surface area (Å²) in [6.07, 6.45) is -4.69. The Morgan fingerprint density at radius 3 is 2.24 bits per heavy atom. The van der Waals surface area contributed by atoms with Crippen LogP contribution < -0.4 is 5.73 Å². The summed E-state index contributed by atoms with van der Waals surface area (Å²) in [5.41, 5.74) is 5.16. The van der Waals surface area contributed by atoms with Crippen LogP contribution in [0.25, 0.3) is 0 Å². The van der Waals surface area contributed by atoms with E-state index in [1.807, 2.05) is 0 Å². The van der Waals surface area contributed by atoms with Crippen LogP contribution >= 0.6 is 0 Å². The first-order valence-electron chi connectivity index (χ1n) is 6.05. The summed E-state index contributed by atoms with van der Waals surface area (Å²) in [5.74, 6) is -1.25. The maximum Gasteiger partial charge on any atom is 0.402 e. The number of alkyl halides is 3. The van der Waals surface area contributed by atoms with Crippen molar-refractivity contribution in [3.8, 4) is 0 Å². The average Bonchev–Trinajstić information content (AvgIpc) is 2.24. The normalized spacial score (nSPS) is 13.1. The molecule has 0 aliphatic rings. The van der Waals surface area contributed by atoms with Crippen molar-refractivity contribution < 1.29 is 26.0 Å². The molecule has 0 aromatic heterocycles. The number of halogens is 4. The summed E-state index contributed by atoms with van der Waals surface area (Å²) >= 11 is 0. The molecule has 0 atom stereocenters. The molecule has 0 saturated carbocycles. The van der Waals surface area contributed by atoms with Gasteiger partial charge < -0.3 is 5.73 Å². The third-order valence-electron chi connectivity index (χ3n) is 2.46. The lowest BCUT2D eigenvalue weighted by molar-refractivity contribution is -0.136. The molecule has 0 unspecified atom stereocenters. The Labute approximate surface area is 120 Å². The Morgan fingerprint density at radius 1 is 1.24 bits per heavy atom. The zero-order chi connectivity index (χ0) is 16.4. The molecule has 9 heteroatoms. The minimum absolute atomic E-state index is 0.176. The zero-order valence-corrected chi connectivity index (χ0v) is 12.3. The van der Waals surface area contributed by atoms with E-state index in [2.05, 4.69) is 0 Å². The summed E-state index contributed by atoms with van der Waals surface area (Å²) in [4.78, 5) is -0.593. The molecule has 0 bridgehead atoms. The molecule has 0 aliphatic heterocycles. The van der Waals surface area contributed by atoms with Crippen LogP contribution in [0.1, 0.15) is 13.8 Å². The van der Waals surface area contributed by atoms with Crippen LogP contribution in [0.3, 0.4) is 0 Å². The van der Waals surface area contributed by atoms with Gasteiger partial charge in [0.25, 0.3) is 0 Å². The van der Waals surface area contributed by atoms with Gasteiger partial charge in [-0.15, -0.1) is 0 Å². The van der Waals surface area contributed by atoms with E-state index in [9.17, 15) is 26.0 Å². The quantitative estimate of drug-likeness (QED) is 0.667. The Balaban J connectivity index is 3.25. The highest BCUT2D eigenvalue weighted by Gasteiger charge is 2.37. The van der Waals surface area contributed by atoms with Crippen molar-refractivity contribution in [2.75, 3.05) is 18.8 Å². The summed E-state index contributed by atoms with van der Waals surface area (Å²) in [5, 5.41) is 0. The Hall–Kier alpha value is -1.35. The molecule has 0 saturated heterocycles. The first-order chi connectivity index (χ1) is 9.41. The third kappa shape index (κ3) is 5.16. The number of hydrogen-bond donors (Lipinski definition) is 1. The van der Waals surface area contributed by atoms with Gasteiger partial charge >= 0.3 is 6.18 Å². The van der Waals surface area contributed by atoms with Crippen molar-refractivity contribution in [1.29, 1.82) is 0 Å². The predicted octanol–water partition coefficient (Wildman–Crippen LogP) is 2.62. The molecule has 0 aliphatic carbocycles. The molecular weight excluding hydrogens is 312 g/mol. The second-order valence-electron chi connectivity index (χ2n) is 5.03. The van der Waals surface area contributed by atoms with E-state index >= 15 is 0 Å². The molecule has 1 aromatic carbocycles. The zero-order valence-electron chi connectivity index (χ0n) is 11.5. The van der Waals surface area contributed by atoms with Crippen molar-refractivity contribution in [2.24, 2.45) is 5.92 Å². The SMILES string of the molecule is CC(C)CN(CC(F)(F)F)S(=O)(=O)c1cc(N)cc(F)c1. The number of nitrogens with zero attached hydrogens (tertiary/aromatic N) is 1. The second-order valence-corrected chi connectivity index (χ2v) is 6.96. The minimum Gasteiger partial charge on any atom is -0.399 e. The van der Waals surface area contributed by atoms with Crippen molar-refractivity contribution in [3.63, 3.8) is 0 Å². The first kappa shape index (κ1) is 17.7. The van der Waals surface area contributed by atoms with Crippen LogP contribution in [-0.2, 0) is 10.0 Å². The fourth-order valence-corrected chi connectivity index (χ4v) is 3.39. The standard InChI is InChI=1S/C12H16F4N2O2S/c1-8(2)6-18(7-12(14,15)16)21(19,20)11-4-9(13)3-10(17)5-11/h3-5,8H,6-7,17H2,1-2H3. The Bertz CT molecular complexity index is 580. The molecule has 0 spiro atoms. The number of rotatable bonds is 5. The van der Waals surface area contributed by atoms with Gasteiger partial charge in [-0.1, -0.05) is 13.8 Å². The van der Waals surface area contributed by atoms with Crippen molar-refractivity contribution in [3.05, 3.63) is 24.0 Å². The summed E-state index contributed by atoms with van der Waals surface area (Å²) in [7, 11) is -4.48. The maximum atomic E-state index is 13.2. The lowest BCUT2D eigenvalue weighted by Crippen LogP contribution is -2.41. The van der Waals surface area contributed by atoms with E-state index in [1.165, 1.54) is 0 Å². The van der Waals surface area contributed by atoms with E-state index in [-0.39, 0.29) is 22.5 Å². The fraction of sp³-hybridized carbons (Fsp3) is 0.500. The average molecular weight is 328 g/mol. The molecule has 1 aromatic rings. The van der Waals surface area contributed by atoms with Crippen molar-refractivity contribution >= 4 is 15.7 Å². The molecule has 21 heavy (non-hydrogen) atoms. The van der Waals surface area contributed by atoms with Crippen LogP contribution in [0, 0.1) is 11.7 Å². The number of benzene rings is 1. The third-order valence-corrected chi connectivity index (χ3v) is 4.25. The molecule has 1 rings (SSSR count). The van der Waals surface area contributed by atoms with Gasteiger partial charge in [-0.05, 0) is 24.1 Å². The van der Waals surface area contributed by atoms with Gasteiger partial charge in [0.2, 0.25) is 10.0 Å². The summed E-state index contributed by atoms with van der Waals surface area (Å²) in [6.45, 7) is 1.19. The highest BCUT2D eigenvalue weighted by Crippen LogP contribution is 2.25. The predicted molar refractivity (Wildman–Crippen MR) is 70.5 cm³/mol. The van der Waals surface area contributed by atoms with Crippen LogP contribution in [0.4, 0.5) is 23.2 Å². The Morgan fingerprint density at radius 2 is 1.81 bits per heavy atom. The second kappa shape index (κ2) is 6.18. The van der Waals surface area contributed by atoms with Crippen molar-refractivity contribution in [1.82, 2.24) is 4.31 Å². The van der Waals surface area contributed by atoms with Gasteiger partial charge in [0.05, 0.1) is 4.90 Å². The summed E-state index contributed by atoms with van der Waals surface area (Å²) in [6, 6.07) is 2.47. The van der Waals surface area contributed by atoms with Gasteiger partial charge in [0.15, 0.2) is 0 Å². The van der Waals surface area contributed by atoms with E-state index in [4.69, 9.17) is 5.73 Å². The van der Waals surface area contributed by atoms with Gasteiger partial charge in [-0.3, -0.25) is 0 Å². The minimum atomic E-state index is -4.69. The molecular formula is C12H16F4N2O2S. The largest absolute Gasteiger partial charge is 0.402 e. The molecule has 0 amide bonds. The molecule has 4 nitrogen and oxygen atoms in total. The van der Waals surface area contributed by atoms with E-state index in [1.54, 1.807) is 13.8 Å². The van der Waals surface area contributed by atoms with Crippen LogP contribution in [-0.4, -0.2) is 32.0 Å². The van der Waals surface area contributed by atoms with Gasteiger partial charge in [0.1, 0.15) is 12.4 Å². The topological polar surface area (TPSA) is 63.4 Å². The van der Waals surface area contributed by atoms with E-state index < -0.39 is 33.5 Å². The van der Waals surface area contributed by atoms with E-state index in [0.29, 0.717) is 6.07 Å². The number of nitrogen functional groups attached to an aromatic ring is 1. The highest BCUT2D eigenvalue weighted by molar-refractivity contribution is 7.89. The number of nitrogens with two attached hydrogens (primary N) is 1. The number of sulfonamides is 1. The fourth-order valence-electron chi connectivity index (χ4n) is 1.74. The molecule has 120 valence electrons. The first-order valence-corrected chi connectivity index (χ1v) is 7.49. The molecule has 0 heterocycles. The lowest BCUT2D eigenvalue weighted by atomic mass is 10.2. The van der Waals surface area contributed by atoms with Gasteiger partial charge in [0, 0.05) is 12.2 Å². The van der Waals surface area contributed by atoms with E-state index in [0.717, 1.165) is 12.1 Å². The Kier molecular flexibility index (Phi) is 5.21. The molecule has 0 fully saturated rings.